The van der Waals surface area contributed by atoms with Crippen molar-refractivity contribution in [1.29, 1.82) is 0 Å². The molecule has 1 N–H and O–H groups in total. The number of hydrogen-bond acceptors (Lipinski definition) is 1. The largest absolute Gasteiger partial charge is 0.317 e. The third kappa shape index (κ3) is 2.27. The molecule has 1 heterocycles. The summed E-state index contributed by atoms with van der Waals surface area (Å²) in [5.41, 5.74) is 2.01. The van der Waals surface area contributed by atoms with Gasteiger partial charge in [-0.3, -0.25) is 0 Å². The lowest BCUT2D eigenvalue weighted by Crippen LogP contribution is -2.30. The van der Waals surface area contributed by atoms with E-state index in [4.69, 9.17) is 0 Å². The normalized spacial score (nSPS) is 19.7. The highest BCUT2D eigenvalue weighted by molar-refractivity contribution is 5.31. The molecular weight excluding hydrogens is 201 g/mol. The maximum Gasteiger partial charge on any atom is 0.126 e. The molecule has 2 heteroatoms. The van der Waals surface area contributed by atoms with Gasteiger partial charge in [0.2, 0.25) is 0 Å². The Morgan fingerprint density at radius 1 is 1.31 bits per heavy atom. The summed E-state index contributed by atoms with van der Waals surface area (Å²) in [6.07, 6.45) is 2.32. The van der Waals surface area contributed by atoms with Crippen molar-refractivity contribution in [1.82, 2.24) is 5.32 Å². The molecule has 0 aromatic heterocycles. The van der Waals surface area contributed by atoms with Crippen molar-refractivity contribution >= 4 is 0 Å². The van der Waals surface area contributed by atoms with Gasteiger partial charge in [0.25, 0.3) is 0 Å². The van der Waals surface area contributed by atoms with Gasteiger partial charge in [-0.1, -0.05) is 19.1 Å². The summed E-state index contributed by atoms with van der Waals surface area (Å²) in [6.45, 7) is 6.32. The molecule has 1 aromatic carbocycles. The first-order valence-electron chi connectivity index (χ1n) is 6.16. The Morgan fingerprint density at radius 3 is 2.62 bits per heavy atom. The summed E-state index contributed by atoms with van der Waals surface area (Å²) in [7, 11) is 0. The molecule has 1 aliphatic rings. The summed E-state index contributed by atoms with van der Waals surface area (Å²) in [5, 5.41) is 3.36. The van der Waals surface area contributed by atoms with E-state index in [0.717, 1.165) is 37.1 Å². The van der Waals surface area contributed by atoms with E-state index in [-0.39, 0.29) is 5.82 Å². The van der Waals surface area contributed by atoms with E-state index in [0.29, 0.717) is 11.8 Å². The number of benzene rings is 1. The molecular formula is C14H20FN. The summed E-state index contributed by atoms with van der Waals surface area (Å²) in [6, 6.07) is 5.39. The van der Waals surface area contributed by atoms with Crippen LogP contribution in [-0.4, -0.2) is 13.1 Å². The third-order valence-corrected chi connectivity index (χ3v) is 3.82. The molecule has 88 valence electrons. The fraction of sp³-hybridized carbons (Fsp3) is 0.571. The predicted octanol–water partition coefficient (Wildman–Crippen LogP) is 3.24. The van der Waals surface area contributed by atoms with Crippen molar-refractivity contribution < 1.29 is 4.39 Å². The molecule has 0 spiro atoms. The molecule has 0 aliphatic carbocycles. The number of piperidine rings is 1. The molecule has 2 rings (SSSR count). The first-order valence-corrected chi connectivity index (χ1v) is 6.16. The second-order valence-electron chi connectivity index (χ2n) is 4.85. The number of rotatable bonds is 2. The molecule has 1 fully saturated rings. The molecule has 16 heavy (non-hydrogen) atoms. The Bertz CT molecular complexity index is 336. The van der Waals surface area contributed by atoms with Crippen LogP contribution in [0.25, 0.3) is 0 Å². The van der Waals surface area contributed by atoms with Gasteiger partial charge in [-0.2, -0.15) is 0 Å². The molecule has 1 nitrogen and oxygen atoms in total. The van der Waals surface area contributed by atoms with E-state index in [1.807, 2.05) is 13.0 Å². The fourth-order valence-electron chi connectivity index (χ4n) is 2.80. The lowest BCUT2D eigenvalue weighted by molar-refractivity contribution is 0.324. The Morgan fingerprint density at radius 2 is 2.00 bits per heavy atom. The number of nitrogens with one attached hydrogen (secondary N) is 1. The fourth-order valence-corrected chi connectivity index (χ4v) is 2.80. The topological polar surface area (TPSA) is 12.0 Å². The molecule has 1 atom stereocenters. The van der Waals surface area contributed by atoms with Gasteiger partial charge in [-0.05, 0) is 61.9 Å². The van der Waals surface area contributed by atoms with E-state index < -0.39 is 0 Å². The Labute approximate surface area is 97.1 Å². The van der Waals surface area contributed by atoms with Crippen LogP contribution in [0.3, 0.4) is 0 Å². The minimum absolute atomic E-state index is 0.0361. The van der Waals surface area contributed by atoms with E-state index in [1.54, 1.807) is 12.1 Å². The molecule has 0 radical (unpaired) electrons. The van der Waals surface area contributed by atoms with Crippen LogP contribution in [-0.2, 0) is 0 Å². The second kappa shape index (κ2) is 4.96. The average molecular weight is 221 g/mol. The Balaban J connectivity index is 2.22. The average Bonchev–Trinajstić information content (AvgIpc) is 2.30. The molecule has 0 saturated carbocycles. The first-order chi connectivity index (χ1) is 7.70. The predicted molar refractivity (Wildman–Crippen MR) is 65.1 cm³/mol. The van der Waals surface area contributed by atoms with Crippen LogP contribution in [0.15, 0.2) is 18.2 Å². The van der Waals surface area contributed by atoms with E-state index in [2.05, 4.69) is 12.2 Å². The first kappa shape index (κ1) is 11.6. The van der Waals surface area contributed by atoms with Crippen LogP contribution in [0.4, 0.5) is 4.39 Å². The zero-order valence-electron chi connectivity index (χ0n) is 10.1. The summed E-state index contributed by atoms with van der Waals surface area (Å²) < 4.78 is 13.8. The van der Waals surface area contributed by atoms with Crippen molar-refractivity contribution in [3.63, 3.8) is 0 Å². The smallest absolute Gasteiger partial charge is 0.126 e. The van der Waals surface area contributed by atoms with Crippen molar-refractivity contribution in [2.75, 3.05) is 13.1 Å². The van der Waals surface area contributed by atoms with Crippen LogP contribution in [0.5, 0.6) is 0 Å². The number of aryl methyl sites for hydroxylation is 1. The summed E-state index contributed by atoms with van der Waals surface area (Å²) in [5.74, 6) is 0.922. The standard InChI is InChI=1S/C14H20FN/c1-10-4-3-5-13(15)14(10)11(2)12-6-8-16-9-7-12/h3-5,11-12,16H,6-9H2,1-2H3. The highest BCUT2D eigenvalue weighted by atomic mass is 19.1. The van der Waals surface area contributed by atoms with Gasteiger partial charge in [0.05, 0.1) is 0 Å². The van der Waals surface area contributed by atoms with Gasteiger partial charge < -0.3 is 5.32 Å². The lowest BCUT2D eigenvalue weighted by Gasteiger charge is -2.29. The van der Waals surface area contributed by atoms with Crippen molar-refractivity contribution in [2.24, 2.45) is 5.92 Å². The second-order valence-corrected chi connectivity index (χ2v) is 4.85. The summed E-state index contributed by atoms with van der Waals surface area (Å²) >= 11 is 0. The van der Waals surface area contributed by atoms with Gasteiger partial charge in [0.1, 0.15) is 5.82 Å². The van der Waals surface area contributed by atoms with E-state index >= 15 is 0 Å². The van der Waals surface area contributed by atoms with Gasteiger partial charge in [0.15, 0.2) is 0 Å². The van der Waals surface area contributed by atoms with Gasteiger partial charge >= 0.3 is 0 Å². The summed E-state index contributed by atoms with van der Waals surface area (Å²) in [4.78, 5) is 0. The molecule has 0 bridgehead atoms. The number of halogens is 1. The lowest BCUT2D eigenvalue weighted by atomic mass is 9.80. The van der Waals surface area contributed by atoms with Crippen molar-refractivity contribution in [3.8, 4) is 0 Å². The maximum atomic E-state index is 13.8. The van der Waals surface area contributed by atoms with E-state index in [1.165, 1.54) is 0 Å². The minimum Gasteiger partial charge on any atom is -0.317 e. The quantitative estimate of drug-likeness (QED) is 0.808. The zero-order valence-corrected chi connectivity index (χ0v) is 10.1. The molecule has 0 amide bonds. The maximum absolute atomic E-state index is 13.8. The van der Waals surface area contributed by atoms with Gasteiger partial charge in [0, 0.05) is 0 Å². The van der Waals surface area contributed by atoms with Crippen molar-refractivity contribution in [3.05, 3.63) is 35.1 Å². The van der Waals surface area contributed by atoms with Gasteiger partial charge in [-0.15, -0.1) is 0 Å². The molecule has 1 aromatic rings. The van der Waals surface area contributed by atoms with Crippen LogP contribution in [0.2, 0.25) is 0 Å². The Hall–Kier alpha value is -0.890. The van der Waals surface area contributed by atoms with E-state index in [9.17, 15) is 4.39 Å². The van der Waals surface area contributed by atoms with Crippen LogP contribution >= 0.6 is 0 Å². The third-order valence-electron chi connectivity index (χ3n) is 3.82. The van der Waals surface area contributed by atoms with Crippen LogP contribution in [0, 0.1) is 18.7 Å². The molecule has 1 aliphatic heterocycles. The SMILES string of the molecule is Cc1cccc(F)c1C(C)C1CCNCC1. The van der Waals surface area contributed by atoms with Crippen molar-refractivity contribution in [2.45, 2.75) is 32.6 Å². The number of hydrogen-bond donors (Lipinski definition) is 1. The highest BCUT2D eigenvalue weighted by Crippen LogP contribution is 2.33. The van der Waals surface area contributed by atoms with Crippen LogP contribution < -0.4 is 5.32 Å². The van der Waals surface area contributed by atoms with Gasteiger partial charge in [-0.25, -0.2) is 4.39 Å². The molecule has 1 unspecified atom stereocenters. The highest BCUT2D eigenvalue weighted by Gasteiger charge is 2.24. The molecule has 1 saturated heterocycles. The Kier molecular flexibility index (Phi) is 3.59. The monoisotopic (exact) mass is 221 g/mol. The van der Waals surface area contributed by atoms with Crippen LogP contribution in [0.1, 0.15) is 36.8 Å². The minimum atomic E-state index is -0.0361. The zero-order chi connectivity index (χ0) is 11.5.